The van der Waals surface area contributed by atoms with E-state index in [1.54, 1.807) is 0 Å². The van der Waals surface area contributed by atoms with Crippen molar-refractivity contribution in [1.29, 1.82) is 0 Å². The molecule has 3 heteroatoms. The summed E-state index contributed by atoms with van der Waals surface area (Å²) in [4.78, 5) is 0. The van der Waals surface area contributed by atoms with Crippen LogP contribution in [0.15, 0.2) is 0 Å². The quantitative estimate of drug-likeness (QED) is 0.454. The summed E-state index contributed by atoms with van der Waals surface area (Å²) >= 11 is 2.12. The molecule has 0 aliphatic carbocycles. The molecule has 0 aromatic heterocycles. The van der Waals surface area contributed by atoms with Gasteiger partial charge in [0.25, 0.3) is 0 Å². The normalized spacial score (nSPS) is 43.5. The first-order valence-electron chi connectivity index (χ1n) is 2.85. The molecule has 0 radical (unpaired) electrons. The molecule has 46 valence electrons. The Hall–Kier alpha value is 1.05. The standard InChI is InChI=1S/C5H8S3/c1(4-2-6-4)5-3-7-8-5/h4-5H,1-3H2. The number of rotatable bonds is 2. The Balaban J connectivity index is 1.66. The van der Waals surface area contributed by atoms with Gasteiger partial charge in [-0.05, 0) is 6.42 Å². The molecule has 2 atom stereocenters. The fraction of sp³-hybridized carbons (Fsp3) is 1.00. The molecule has 0 aromatic carbocycles. The fourth-order valence-electron chi connectivity index (χ4n) is 0.769. The van der Waals surface area contributed by atoms with E-state index in [-0.39, 0.29) is 0 Å². The molecule has 8 heavy (non-hydrogen) atoms. The maximum absolute atomic E-state index is 2.12. The zero-order valence-electron chi connectivity index (χ0n) is 4.50. The maximum atomic E-state index is 2.12. The second kappa shape index (κ2) is 2.35. The van der Waals surface area contributed by atoms with E-state index in [0.717, 1.165) is 10.5 Å². The third kappa shape index (κ3) is 1.31. The highest BCUT2D eigenvalue weighted by atomic mass is 33.1. The number of hydrogen-bond donors (Lipinski definition) is 0. The molecule has 2 saturated heterocycles. The average Bonchev–Trinajstić information content (AvgIpc) is 2.36. The van der Waals surface area contributed by atoms with Crippen molar-refractivity contribution in [2.24, 2.45) is 0 Å². The van der Waals surface area contributed by atoms with Gasteiger partial charge in [-0.2, -0.15) is 11.8 Å². The van der Waals surface area contributed by atoms with Crippen LogP contribution >= 0.6 is 33.3 Å². The fourth-order valence-corrected chi connectivity index (χ4v) is 3.53. The molecule has 0 nitrogen and oxygen atoms in total. The molecular formula is C5H8S3. The second-order valence-electron chi connectivity index (χ2n) is 2.19. The Kier molecular flexibility index (Phi) is 1.71. The van der Waals surface area contributed by atoms with Crippen LogP contribution in [0, 0.1) is 0 Å². The van der Waals surface area contributed by atoms with Gasteiger partial charge in [-0.25, -0.2) is 0 Å². The van der Waals surface area contributed by atoms with Gasteiger partial charge >= 0.3 is 0 Å². The van der Waals surface area contributed by atoms with Gasteiger partial charge in [0, 0.05) is 22.0 Å². The summed E-state index contributed by atoms with van der Waals surface area (Å²) in [5, 5.41) is 2.09. The minimum atomic E-state index is 1.03. The Morgan fingerprint density at radius 2 is 2.00 bits per heavy atom. The predicted molar refractivity (Wildman–Crippen MR) is 44.7 cm³/mol. The predicted octanol–water partition coefficient (Wildman–Crippen LogP) is 2.26. The van der Waals surface area contributed by atoms with E-state index < -0.39 is 0 Å². The lowest BCUT2D eigenvalue weighted by Crippen LogP contribution is -2.14. The molecule has 0 saturated carbocycles. The van der Waals surface area contributed by atoms with Crippen molar-refractivity contribution in [2.45, 2.75) is 16.9 Å². The van der Waals surface area contributed by atoms with E-state index in [4.69, 9.17) is 0 Å². The SMILES string of the molecule is C1SC1CC1CSS1. The Bertz CT molecular complexity index is 85.7. The van der Waals surface area contributed by atoms with E-state index in [1.165, 1.54) is 17.9 Å². The smallest absolute Gasteiger partial charge is 0.0261 e. The lowest BCUT2D eigenvalue weighted by Gasteiger charge is -2.22. The molecule has 0 N–H and O–H groups in total. The topological polar surface area (TPSA) is 0 Å². The van der Waals surface area contributed by atoms with E-state index in [1.807, 2.05) is 10.8 Å². The highest BCUT2D eigenvalue weighted by molar-refractivity contribution is 8.79. The van der Waals surface area contributed by atoms with Crippen LogP contribution in [-0.4, -0.2) is 22.0 Å². The van der Waals surface area contributed by atoms with Crippen molar-refractivity contribution in [3.05, 3.63) is 0 Å². The summed E-state index contributed by atoms with van der Waals surface area (Å²) in [6, 6.07) is 0. The second-order valence-corrected chi connectivity index (χ2v) is 6.24. The van der Waals surface area contributed by atoms with Crippen molar-refractivity contribution in [1.82, 2.24) is 0 Å². The summed E-state index contributed by atoms with van der Waals surface area (Å²) in [6.07, 6.45) is 1.49. The minimum absolute atomic E-state index is 1.03. The van der Waals surface area contributed by atoms with Crippen LogP contribution in [0.2, 0.25) is 0 Å². The van der Waals surface area contributed by atoms with E-state index >= 15 is 0 Å². The highest BCUT2D eigenvalue weighted by Gasteiger charge is 2.30. The molecule has 0 spiro atoms. The van der Waals surface area contributed by atoms with E-state index in [0.29, 0.717) is 0 Å². The first kappa shape index (κ1) is 5.81. The lowest BCUT2D eigenvalue weighted by molar-refractivity contribution is 0.855. The zero-order valence-corrected chi connectivity index (χ0v) is 6.95. The maximum Gasteiger partial charge on any atom is 0.0261 e. The van der Waals surface area contributed by atoms with Crippen LogP contribution in [0.3, 0.4) is 0 Å². The van der Waals surface area contributed by atoms with Crippen LogP contribution in [0.25, 0.3) is 0 Å². The van der Waals surface area contributed by atoms with Gasteiger partial charge in [0.15, 0.2) is 0 Å². The van der Waals surface area contributed by atoms with Gasteiger partial charge in [0.1, 0.15) is 0 Å². The third-order valence-corrected chi connectivity index (χ3v) is 5.53. The molecule has 2 heterocycles. The minimum Gasteiger partial charge on any atom is -0.157 e. The van der Waals surface area contributed by atoms with Gasteiger partial charge in [-0.1, -0.05) is 21.6 Å². The summed E-state index contributed by atoms with van der Waals surface area (Å²) in [5.41, 5.74) is 0. The van der Waals surface area contributed by atoms with Crippen molar-refractivity contribution in [3.63, 3.8) is 0 Å². The van der Waals surface area contributed by atoms with Crippen LogP contribution in [0.5, 0.6) is 0 Å². The molecule has 0 bridgehead atoms. The van der Waals surface area contributed by atoms with Crippen molar-refractivity contribution in [2.75, 3.05) is 11.5 Å². The van der Waals surface area contributed by atoms with Crippen LogP contribution < -0.4 is 0 Å². The first-order valence-corrected chi connectivity index (χ1v) is 6.28. The third-order valence-electron chi connectivity index (χ3n) is 1.39. The average molecular weight is 164 g/mol. The highest BCUT2D eigenvalue weighted by Crippen LogP contribution is 2.47. The number of thioether (sulfide) groups is 1. The van der Waals surface area contributed by atoms with Crippen molar-refractivity contribution < 1.29 is 0 Å². The molecule has 0 amide bonds. The van der Waals surface area contributed by atoms with Crippen LogP contribution in [0.4, 0.5) is 0 Å². The van der Waals surface area contributed by atoms with Gasteiger partial charge in [-0.15, -0.1) is 0 Å². The van der Waals surface area contributed by atoms with Crippen molar-refractivity contribution in [3.8, 4) is 0 Å². The van der Waals surface area contributed by atoms with Gasteiger partial charge in [0.05, 0.1) is 0 Å². The first-order chi connectivity index (χ1) is 3.95. The zero-order chi connectivity index (χ0) is 5.40. The summed E-state index contributed by atoms with van der Waals surface area (Å²) < 4.78 is 0. The van der Waals surface area contributed by atoms with E-state index in [2.05, 4.69) is 22.6 Å². The Labute approximate surface area is 62.0 Å². The molecular weight excluding hydrogens is 156 g/mol. The van der Waals surface area contributed by atoms with Crippen LogP contribution in [-0.2, 0) is 0 Å². The van der Waals surface area contributed by atoms with Gasteiger partial charge in [0.2, 0.25) is 0 Å². The molecule has 2 fully saturated rings. The Morgan fingerprint density at radius 3 is 2.38 bits per heavy atom. The summed E-state index contributed by atoms with van der Waals surface area (Å²) in [5.74, 6) is 2.86. The lowest BCUT2D eigenvalue weighted by atomic mass is 10.3. The molecule has 2 unspecified atom stereocenters. The van der Waals surface area contributed by atoms with E-state index in [9.17, 15) is 0 Å². The van der Waals surface area contributed by atoms with Gasteiger partial charge in [-0.3, -0.25) is 0 Å². The molecule has 2 aliphatic rings. The van der Waals surface area contributed by atoms with Gasteiger partial charge < -0.3 is 0 Å². The van der Waals surface area contributed by atoms with Crippen LogP contribution in [0.1, 0.15) is 6.42 Å². The molecule has 2 aliphatic heterocycles. The largest absolute Gasteiger partial charge is 0.157 e. The molecule has 0 aromatic rings. The molecule has 2 rings (SSSR count). The Morgan fingerprint density at radius 1 is 1.25 bits per heavy atom. The summed E-state index contributed by atoms with van der Waals surface area (Å²) in [7, 11) is 4.10. The van der Waals surface area contributed by atoms with Crippen molar-refractivity contribution >= 4 is 33.3 Å². The monoisotopic (exact) mass is 164 g/mol. The summed E-state index contributed by atoms with van der Waals surface area (Å²) in [6.45, 7) is 0. The number of hydrogen-bond acceptors (Lipinski definition) is 3.